The van der Waals surface area contributed by atoms with Crippen molar-refractivity contribution in [2.45, 2.75) is 43.4 Å². The number of hydrogen-bond donors (Lipinski definition) is 0. The third-order valence-corrected chi connectivity index (χ3v) is 14.3. The van der Waals surface area contributed by atoms with E-state index in [4.69, 9.17) is 0 Å². The Kier molecular flexibility index (Phi) is 7.73. The zero-order chi connectivity index (χ0) is 38.2. The lowest BCUT2D eigenvalue weighted by Gasteiger charge is -2.39. The Bertz CT molecular complexity index is 2790. The molecule has 0 heterocycles. The summed E-state index contributed by atoms with van der Waals surface area (Å²) in [6, 6.07) is 73.5. The van der Waals surface area contributed by atoms with Crippen LogP contribution in [0.5, 0.6) is 0 Å². The van der Waals surface area contributed by atoms with Crippen molar-refractivity contribution in [2.24, 2.45) is 11.8 Å². The van der Waals surface area contributed by atoms with Crippen LogP contribution in [0, 0.1) is 11.8 Å². The molecule has 278 valence electrons. The maximum atomic E-state index is 2.57. The van der Waals surface area contributed by atoms with Crippen LogP contribution in [0.4, 0.5) is 17.1 Å². The summed E-state index contributed by atoms with van der Waals surface area (Å²) in [5, 5.41) is 0. The zero-order valence-electron chi connectivity index (χ0n) is 32.7. The fraction of sp³-hybridized carbons (Fsp3) is 0.158. The topological polar surface area (TPSA) is 3.24 Å². The predicted molar refractivity (Wildman–Crippen MR) is 239 cm³/mol. The zero-order valence-corrected chi connectivity index (χ0v) is 32.7. The number of nitrogens with zero attached hydrogens (tertiary/aromatic N) is 1. The Morgan fingerprint density at radius 2 is 0.983 bits per heavy atom. The number of benzene rings is 8. The third-order valence-electron chi connectivity index (χ3n) is 14.3. The van der Waals surface area contributed by atoms with Gasteiger partial charge in [-0.2, -0.15) is 0 Å². The van der Waals surface area contributed by atoms with Crippen LogP contribution in [0.1, 0.15) is 68.8 Å². The van der Waals surface area contributed by atoms with E-state index in [9.17, 15) is 0 Å². The molecule has 1 nitrogen and oxygen atoms in total. The first-order chi connectivity index (χ1) is 28.8. The Morgan fingerprint density at radius 1 is 0.431 bits per heavy atom. The molecular weight excluding hydrogens is 699 g/mol. The Hall–Kier alpha value is -6.44. The molecule has 0 aromatic heterocycles. The Balaban J connectivity index is 1.12. The lowest BCUT2D eigenvalue weighted by atomic mass is 9.65. The van der Waals surface area contributed by atoms with Gasteiger partial charge in [0.25, 0.3) is 0 Å². The Labute approximate surface area is 342 Å². The van der Waals surface area contributed by atoms with Crippen molar-refractivity contribution in [1.82, 2.24) is 0 Å². The van der Waals surface area contributed by atoms with Gasteiger partial charge in [0.15, 0.2) is 0 Å². The van der Waals surface area contributed by atoms with E-state index in [1.807, 2.05) is 0 Å². The average Bonchev–Trinajstić information content (AvgIpc) is 4.02. The average molecular weight is 744 g/mol. The van der Waals surface area contributed by atoms with Crippen LogP contribution < -0.4 is 4.90 Å². The van der Waals surface area contributed by atoms with Crippen molar-refractivity contribution in [3.05, 3.63) is 244 Å². The van der Waals surface area contributed by atoms with E-state index >= 15 is 0 Å². The monoisotopic (exact) mass is 743 g/mol. The number of anilines is 3. The highest BCUT2D eigenvalue weighted by atomic mass is 15.1. The van der Waals surface area contributed by atoms with Gasteiger partial charge in [-0.3, -0.25) is 0 Å². The number of hydrogen-bond acceptors (Lipinski definition) is 1. The maximum absolute atomic E-state index is 2.57. The summed E-state index contributed by atoms with van der Waals surface area (Å²) in [5.41, 5.74) is 22.4. The fourth-order valence-corrected chi connectivity index (χ4v) is 12.2. The number of para-hydroxylation sites is 2. The highest BCUT2D eigenvalue weighted by molar-refractivity contribution is 5.83. The molecule has 12 rings (SSSR count). The first-order valence-electron chi connectivity index (χ1n) is 21.3. The lowest BCUT2D eigenvalue weighted by Crippen LogP contribution is -2.34. The van der Waals surface area contributed by atoms with Crippen LogP contribution in [0.15, 0.2) is 194 Å². The fourth-order valence-electron chi connectivity index (χ4n) is 12.2. The standard InChI is InChI=1S/C57H45N/c1-4-16-38(17-5-1)48-25-12-13-27-51(48)54(40-30-33-50-43(35-40)34-39-18-10-11-26-49(39)50)52-28-14-19-41-36-44-31-32-45-37-42-20-15-29-53(56(42)57(44,45)55(41)52)58(46-21-6-2-7-22-46)47-23-8-3-9-24-47/h1-30,33,35,44-45,54H,31-32,34,36-37H2. The molecule has 8 aromatic rings. The smallest absolute Gasteiger partial charge is 0.0505 e. The summed E-state index contributed by atoms with van der Waals surface area (Å²) in [5.74, 6) is 1.18. The van der Waals surface area contributed by atoms with E-state index in [-0.39, 0.29) is 11.3 Å². The normalized spacial score (nSPS) is 19.7. The van der Waals surface area contributed by atoms with Gasteiger partial charge in [-0.25, -0.2) is 0 Å². The van der Waals surface area contributed by atoms with Crippen LogP contribution in [0.3, 0.4) is 0 Å². The highest BCUT2D eigenvalue weighted by Gasteiger charge is 2.62. The molecule has 1 fully saturated rings. The van der Waals surface area contributed by atoms with Gasteiger partial charge in [0, 0.05) is 22.7 Å². The molecule has 4 aliphatic rings. The van der Waals surface area contributed by atoms with E-state index in [0.29, 0.717) is 11.8 Å². The van der Waals surface area contributed by atoms with Gasteiger partial charge < -0.3 is 4.90 Å². The maximum Gasteiger partial charge on any atom is 0.0505 e. The minimum absolute atomic E-state index is 0.0605. The largest absolute Gasteiger partial charge is 0.310 e. The van der Waals surface area contributed by atoms with E-state index in [1.165, 1.54) is 85.5 Å². The molecule has 0 aliphatic heterocycles. The lowest BCUT2D eigenvalue weighted by molar-refractivity contribution is 0.348. The van der Waals surface area contributed by atoms with Crippen LogP contribution in [0.25, 0.3) is 22.3 Å². The van der Waals surface area contributed by atoms with Crippen LogP contribution >= 0.6 is 0 Å². The molecule has 1 heteroatoms. The molecule has 1 spiro atoms. The molecule has 0 bridgehead atoms. The Morgan fingerprint density at radius 3 is 1.71 bits per heavy atom. The molecule has 4 atom stereocenters. The van der Waals surface area contributed by atoms with Gasteiger partial charge in [0.05, 0.1) is 5.69 Å². The van der Waals surface area contributed by atoms with E-state index < -0.39 is 0 Å². The molecule has 0 radical (unpaired) electrons. The van der Waals surface area contributed by atoms with E-state index in [1.54, 1.807) is 16.7 Å². The number of rotatable bonds is 7. The first kappa shape index (κ1) is 33.7. The van der Waals surface area contributed by atoms with Gasteiger partial charge in [-0.15, -0.1) is 0 Å². The second-order valence-corrected chi connectivity index (χ2v) is 17.1. The molecule has 8 aromatic carbocycles. The first-order valence-corrected chi connectivity index (χ1v) is 21.3. The summed E-state index contributed by atoms with van der Waals surface area (Å²) in [7, 11) is 0. The molecule has 4 aliphatic carbocycles. The molecular formula is C57H45N. The molecule has 0 saturated heterocycles. The van der Waals surface area contributed by atoms with Crippen LogP contribution in [-0.4, -0.2) is 0 Å². The highest BCUT2D eigenvalue weighted by Crippen LogP contribution is 2.68. The van der Waals surface area contributed by atoms with Gasteiger partial charge in [-0.05, 0) is 147 Å². The van der Waals surface area contributed by atoms with Crippen LogP contribution in [0.2, 0.25) is 0 Å². The second kappa shape index (κ2) is 13.3. The third kappa shape index (κ3) is 4.96. The van der Waals surface area contributed by atoms with E-state index in [0.717, 1.165) is 19.3 Å². The summed E-state index contributed by atoms with van der Waals surface area (Å²) in [6.07, 6.45) is 5.79. The van der Waals surface area contributed by atoms with Crippen molar-refractivity contribution < 1.29 is 0 Å². The minimum atomic E-state index is -0.0768. The minimum Gasteiger partial charge on any atom is -0.310 e. The van der Waals surface area contributed by atoms with Crippen molar-refractivity contribution in [3.8, 4) is 22.3 Å². The van der Waals surface area contributed by atoms with Gasteiger partial charge in [0.2, 0.25) is 0 Å². The van der Waals surface area contributed by atoms with E-state index in [2.05, 4.69) is 199 Å². The SMILES string of the molecule is c1ccc(-c2ccccc2C(c2ccc3c(c2)Cc2ccccc2-3)c2cccc3c2C24c5c(cccc5N(c5ccccc5)c5ccccc5)CC2CCC4C3)cc1. The van der Waals surface area contributed by atoms with Crippen LogP contribution in [-0.2, 0) is 24.7 Å². The molecule has 58 heavy (non-hydrogen) atoms. The van der Waals surface area contributed by atoms with Gasteiger partial charge >= 0.3 is 0 Å². The molecule has 0 N–H and O–H groups in total. The van der Waals surface area contributed by atoms with Crippen molar-refractivity contribution in [3.63, 3.8) is 0 Å². The molecule has 0 amide bonds. The predicted octanol–water partition coefficient (Wildman–Crippen LogP) is 14.0. The molecule has 4 unspecified atom stereocenters. The quantitative estimate of drug-likeness (QED) is 0.147. The summed E-state index contributed by atoms with van der Waals surface area (Å²) >= 11 is 0. The second-order valence-electron chi connectivity index (χ2n) is 17.1. The van der Waals surface area contributed by atoms with Crippen molar-refractivity contribution in [1.29, 1.82) is 0 Å². The number of fused-ring (bicyclic) bond motifs is 5. The van der Waals surface area contributed by atoms with Crippen molar-refractivity contribution in [2.75, 3.05) is 4.90 Å². The van der Waals surface area contributed by atoms with Crippen molar-refractivity contribution >= 4 is 17.1 Å². The molecule has 1 saturated carbocycles. The summed E-state index contributed by atoms with van der Waals surface area (Å²) in [4.78, 5) is 2.55. The van der Waals surface area contributed by atoms with Gasteiger partial charge in [0.1, 0.15) is 0 Å². The summed E-state index contributed by atoms with van der Waals surface area (Å²) in [6.45, 7) is 0. The van der Waals surface area contributed by atoms with Gasteiger partial charge in [-0.1, -0.05) is 164 Å². The summed E-state index contributed by atoms with van der Waals surface area (Å²) < 4.78 is 0.